The normalized spacial score (nSPS) is 17.5. The van der Waals surface area contributed by atoms with Gasteiger partial charge >= 0.3 is 0 Å². The third-order valence-corrected chi connectivity index (χ3v) is 20.8. The Balaban J connectivity index is 1.34. The maximum atomic E-state index is 2.69. The number of fused-ring (bicyclic) bond motifs is 2. The van der Waals surface area contributed by atoms with Gasteiger partial charge in [-0.25, -0.2) is 0 Å². The second kappa shape index (κ2) is 13.2. The van der Waals surface area contributed by atoms with Gasteiger partial charge in [0.2, 0.25) is 0 Å². The van der Waals surface area contributed by atoms with Gasteiger partial charge in [-0.1, -0.05) is 215 Å². The monoisotopic (exact) mass is 752 g/mol. The van der Waals surface area contributed by atoms with E-state index >= 15 is 0 Å². The molecule has 0 spiro atoms. The molecular weight excluding hydrogens is 689 g/mol. The highest BCUT2D eigenvalue weighted by molar-refractivity contribution is 6.92. The summed E-state index contributed by atoms with van der Waals surface area (Å²) >= 11 is 0. The lowest BCUT2D eigenvalue weighted by Crippen LogP contribution is -2.45. The average molecular weight is 753 g/mol. The van der Waals surface area contributed by atoms with Crippen LogP contribution in [0.15, 0.2) is 83.9 Å². The Morgan fingerprint density at radius 3 is 1.10 bits per heavy atom. The summed E-state index contributed by atoms with van der Waals surface area (Å²) in [6.07, 6.45) is 14.2. The molecule has 1 fully saturated rings. The Labute approximate surface area is 320 Å². The van der Waals surface area contributed by atoms with Crippen LogP contribution in [-0.4, -0.2) is 32.3 Å². The summed E-state index contributed by atoms with van der Waals surface area (Å²) in [6.45, 7) is 30.1. The van der Waals surface area contributed by atoms with Crippen molar-refractivity contribution >= 4 is 65.2 Å². The summed E-state index contributed by atoms with van der Waals surface area (Å²) in [5.74, 6) is 0. The molecule has 4 aromatic rings. The van der Waals surface area contributed by atoms with Gasteiger partial charge in [0.25, 0.3) is 0 Å². The molecule has 52 heavy (non-hydrogen) atoms. The molecule has 0 heterocycles. The Morgan fingerprint density at radius 1 is 0.423 bits per heavy atom. The first-order valence-corrected chi connectivity index (χ1v) is 34.2. The Morgan fingerprint density at radius 2 is 0.769 bits per heavy atom. The fourth-order valence-corrected chi connectivity index (χ4v) is 14.2. The van der Waals surface area contributed by atoms with E-state index < -0.39 is 32.3 Å². The van der Waals surface area contributed by atoms with Crippen molar-refractivity contribution in [1.82, 2.24) is 0 Å². The number of rotatable bonds is 8. The molecule has 1 saturated carbocycles. The molecule has 0 aliphatic heterocycles. The van der Waals surface area contributed by atoms with Crippen molar-refractivity contribution in [1.29, 1.82) is 0 Å². The van der Waals surface area contributed by atoms with E-state index in [2.05, 4.69) is 164 Å². The van der Waals surface area contributed by atoms with Crippen LogP contribution in [0.2, 0.25) is 78.6 Å². The summed E-state index contributed by atoms with van der Waals surface area (Å²) in [4.78, 5) is 0. The Hall–Kier alpha value is -2.77. The number of hydrogen-bond donors (Lipinski definition) is 0. The standard InChI is InChI=1S/C48H64Si4/c1-49(2,3)40-26-36(27-41(32-40)50(4,5)6)44-20-16-18-34-24-38(30-46(34)44)48(22-14-13-15-23-48)39-25-35-19-17-21-45(47(35)31-39)37-28-42(51(7,8)9)33-43(29-37)52(10,11)12/h16-21,26-33H,13-15,22-25H2,1-12H3. The summed E-state index contributed by atoms with van der Waals surface area (Å²) in [5, 5.41) is 6.40. The van der Waals surface area contributed by atoms with Crippen molar-refractivity contribution in [3.05, 3.63) is 106 Å². The topological polar surface area (TPSA) is 0 Å². The van der Waals surface area contributed by atoms with E-state index in [-0.39, 0.29) is 5.41 Å². The van der Waals surface area contributed by atoms with Gasteiger partial charge in [0.1, 0.15) is 0 Å². The third-order valence-electron chi connectivity index (χ3n) is 12.7. The lowest BCUT2D eigenvalue weighted by molar-refractivity contribution is 0.286. The maximum Gasteiger partial charge on any atom is 0.0776 e. The molecule has 0 atom stereocenters. The lowest BCUT2D eigenvalue weighted by Gasteiger charge is -2.40. The average Bonchev–Trinajstić information content (AvgIpc) is 3.72. The minimum Gasteiger partial charge on any atom is -0.0656 e. The molecule has 7 rings (SSSR count). The summed E-state index contributed by atoms with van der Waals surface area (Å²) in [5.41, 5.74) is 15.4. The van der Waals surface area contributed by atoms with Crippen LogP contribution in [0.25, 0.3) is 34.4 Å². The molecule has 3 aliphatic carbocycles. The molecule has 4 aromatic carbocycles. The van der Waals surface area contributed by atoms with Crippen LogP contribution in [0.1, 0.15) is 54.4 Å². The van der Waals surface area contributed by atoms with Crippen molar-refractivity contribution in [2.45, 2.75) is 124 Å². The molecule has 3 aliphatic rings. The van der Waals surface area contributed by atoms with E-state index in [1.807, 2.05) is 0 Å². The zero-order valence-corrected chi connectivity index (χ0v) is 38.5. The van der Waals surface area contributed by atoms with Gasteiger partial charge in [0.15, 0.2) is 0 Å². The fourth-order valence-electron chi connectivity index (χ4n) is 9.16. The lowest BCUT2D eigenvalue weighted by atomic mass is 9.63. The van der Waals surface area contributed by atoms with Crippen molar-refractivity contribution in [3.63, 3.8) is 0 Å². The molecule has 0 bridgehead atoms. The quantitative estimate of drug-likeness (QED) is 0.157. The van der Waals surface area contributed by atoms with Gasteiger partial charge in [-0.15, -0.1) is 0 Å². The Kier molecular flexibility index (Phi) is 9.54. The van der Waals surface area contributed by atoms with Gasteiger partial charge in [-0.05, 0) is 70.2 Å². The molecule has 0 saturated heterocycles. The van der Waals surface area contributed by atoms with E-state index in [1.54, 1.807) is 31.9 Å². The van der Waals surface area contributed by atoms with Crippen molar-refractivity contribution in [2.75, 3.05) is 0 Å². The SMILES string of the molecule is C[Si](C)(C)c1cc(-c2cccc3c2C=C(C2(C4=Cc5c(cccc5-c5cc([Si](C)(C)C)cc([Si](C)(C)C)c5)C4)CCCCC2)C3)cc([Si](C)(C)C)c1. The molecule has 0 nitrogen and oxygen atoms in total. The van der Waals surface area contributed by atoms with Crippen molar-refractivity contribution in [2.24, 2.45) is 5.41 Å². The molecule has 4 heteroatoms. The number of benzene rings is 4. The van der Waals surface area contributed by atoms with Gasteiger partial charge in [0.05, 0.1) is 32.3 Å². The summed E-state index contributed by atoms with van der Waals surface area (Å²) in [7, 11) is -5.94. The molecule has 272 valence electrons. The van der Waals surface area contributed by atoms with Gasteiger partial charge in [-0.2, -0.15) is 0 Å². The van der Waals surface area contributed by atoms with Crippen LogP contribution in [0.3, 0.4) is 0 Å². The van der Waals surface area contributed by atoms with E-state index in [4.69, 9.17) is 0 Å². The van der Waals surface area contributed by atoms with Crippen LogP contribution < -0.4 is 20.7 Å². The molecule has 0 aromatic heterocycles. The van der Waals surface area contributed by atoms with E-state index in [0.29, 0.717) is 0 Å². The maximum absolute atomic E-state index is 2.69. The number of hydrogen-bond acceptors (Lipinski definition) is 0. The van der Waals surface area contributed by atoms with E-state index in [0.717, 1.165) is 12.8 Å². The number of allylic oxidation sites excluding steroid dienone is 2. The minimum atomic E-state index is -1.49. The van der Waals surface area contributed by atoms with Crippen molar-refractivity contribution < 1.29 is 0 Å². The molecular formula is C48H64Si4. The Bertz CT molecular complexity index is 1880. The smallest absolute Gasteiger partial charge is 0.0656 e. The first-order valence-electron chi connectivity index (χ1n) is 20.2. The van der Waals surface area contributed by atoms with Crippen LogP contribution >= 0.6 is 0 Å². The molecule has 0 unspecified atom stereocenters. The van der Waals surface area contributed by atoms with Crippen LogP contribution in [0.5, 0.6) is 0 Å². The fraction of sp³-hybridized carbons (Fsp3) is 0.417. The highest BCUT2D eigenvalue weighted by atomic mass is 28.3. The van der Waals surface area contributed by atoms with Crippen LogP contribution in [0.4, 0.5) is 0 Å². The summed E-state index contributed by atoms with van der Waals surface area (Å²) in [6, 6.07) is 29.8. The largest absolute Gasteiger partial charge is 0.0776 e. The zero-order chi connectivity index (χ0) is 37.4. The predicted molar refractivity (Wildman–Crippen MR) is 245 cm³/mol. The minimum absolute atomic E-state index is 0.151. The van der Waals surface area contributed by atoms with E-state index in [1.165, 1.54) is 76.6 Å². The third kappa shape index (κ3) is 7.10. The molecule has 0 amide bonds. The van der Waals surface area contributed by atoms with Gasteiger partial charge in [0, 0.05) is 5.41 Å². The van der Waals surface area contributed by atoms with E-state index in [9.17, 15) is 0 Å². The van der Waals surface area contributed by atoms with Crippen molar-refractivity contribution in [3.8, 4) is 22.3 Å². The molecule has 0 radical (unpaired) electrons. The second-order valence-corrected chi connectivity index (χ2v) is 41.0. The zero-order valence-electron chi connectivity index (χ0n) is 34.5. The predicted octanol–water partition coefficient (Wildman–Crippen LogP) is 11.7. The summed E-state index contributed by atoms with van der Waals surface area (Å²) < 4.78 is 0. The highest BCUT2D eigenvalue weighted by Crippen LogP contribution is 2.55. The molecule has 0 N–H and O–H groups in total. The van der Waals surface area contributed by atoms with Crippen LogP contribution in [-0.2, 0) is 12.8 Å². The first-order chi connectivity index (χ1) is 24.2. The second-order valence-electron chi connectivity index (χ2n) is 20.7. The highest BCUT2D eigenvalue weighted by Gasteiger charge is 2.42. The first kappa shape index (κ1) is 37.5. The van der Waals surface area contributed by atoms with Gasteiger partial charge in [-0.3, -0.25) is 0 Å². The van der Waals surface area contributed by atoms with Crippen LogP contribution in [0, 0.1) is 5.41 Å². The van der Waals surface area contributed by atoms with Gasteiger partial charge < -0.3 is 0 Å².